The van der Waals surface area contributed by atoms with Crippen molar-refractivity contribution in [2.24, 2.45) is 0 Å². The van der Waals surface area contributed by atoms with Crippen LogP contribution in [-0.4, -0.2) is 26.8 Å². The number of aryl methyl sites for hydroxylation is 1. The van der Waals surface area contributed by atoms with Gasteiger partial charge in [-0.05, 0) is 52.7 Å². The molecule has 3 aromatic rings. The fourth-order valence-electron chi connectivity index (χ4n) is 1.96. The summed E-state index contributed by atoms with van der Waals surface area (Å²) in [5.74, 6) is 0.705. The third-order valence-corrected chi connectivity index (χ3v) is 3.55. The van der Waals surface area contributed by atoms with Gasteiger partial charge >= 0.3 is 0 Å². The van der Waals surface area contributed by atoms with Crippen LogP contribution in [0.2, 0.25) is 0 Å². The molecule has 1 N–H and O–H groups in total. The van der Waals surface area contributed by atoms with Gasteiger partial charge in [0.05, 0.1) is 0 Å². The van der Waals surface area contributed by atoms with Crippen LogP contribution in [-0.2, 0) is 6.42 Å². The van der Waals surface area contributed by atoms with Crippen LogP contribution < -0.4 is 4.74 Å². The SMILES string of the molecule is OCCCc1nc(-c2ccc(Oc3ncc(Br)cc3F)cc2)no1. The van der Waals surface area contributed by atoms with Crippen molar-refractivity contribution in [1.82, 2.24) is 15.1 Å². The minimum absolute atomic E-state index is 0.0738. The van der Waals surface area contributed by atoms with Crippen LogP contribution in [0.25, 0.3) is 11.4 Å². The van der Waals surface area contributed by atoms with E-state index in [-0.39, 0.29) is 12.5 Å². The monoisotopic (exact) mass is 393 g/mol. The number of benzene rings is 1. The molecule has 0 fully saturated rings. The number of rotatable bonds is 6. The lowest BCUT2D eigenvalue weighted by Crippen LogP contribution is -1.92. The number of nitrogens with zero attached hydrogens (tertiary/aromatic N) is 3. The van der Waals surface area contributed by atoms with Gasteiger partial charge in [0, 0.05) is 29.3 Å². The molecule has 8 heteroatoms. The van der Waals surface area contributed by atoms with E-state index in [1.54, 1.807) is 24.3 Å². The Morgan fingerprint density at radius 3 is 2.75 bits per heavy atom. The van der Waals surface area contributed by atoms with E-state index in [1.165, 1.54) is 12.3 Å². The van der Waals surface area contributed by atoms with Gasteiger partial charge in [0.2, 0.25) is 11.7 Å². The average molecular weight is 394 g/mol. The summed E-state index contributed by atoms with van der Waals surface area (Å²) in [6.45, 7) is 0.0738. The number of hydrogen-bond acceptors (Lipinski definition) is 6. The van der Waals surface area contributed by atoms with E-state index < -0.39 is 5.82 Å². The number of aromatic nitrogens is 3. The summed E-state index contributed by atoms with van der Waals surface area (Å²) >= 11 is 3.14. The summed E-state index contributed by atoms with van der Waals surface area (Å²) in [5.41, 5.74) is 0.741. The third kappa shape index (κ3) is 3.95. The molecule has 0 spiro atoms. The van der Waals surface area contributed by atoms with Crippen LogP contribution in [0.15, 0.2) is 45.5 Å². The number of aliphatic hydroxyl groups excluding tert-OH is 1. The second-order valence-corrected chi connectivity index (χ2v) is 5.82. The highest BCUT2D eigenvalue weighted by atomic mass is 79.9. The summed E-state index contributed by atoms with van der Waals surface area (Å²) in [6.07, 6.45) is 2.55. The van der Waals surface area contributed by atoms with E-state index in [1.807, 2.05) is 0 Å². The summed E-state index contributed by atoms with van der Waals surface area (Å²) in [7, 11) is 0. The number of pyridine rings is 1. The second kappa shape index (κ2) is 7.50. The van der Waals surface area contributed by atoms with Gasteiger partial charge in [-0.1, -0.05) is 5.16 Å². The lowest BCUT2D eigenvalue weighted by molar-refractivity contribution is 0.278. The second-order valence-electron chi connectivity index (χ2n) is 4.91. The van der Waals surface area contributed by atoms with Crippen molar-refractivity contribution in [1.29, 1.82) is 0 Å². The van der Waals surface area contributed by atoms with E-state index in [0.29, 0.717) is 34.8 Å². The van der Waals surface area contributed by atoms with Gasteiger partial charge in [-0.25, -0.2) is 9.37 Å². The fraction of sp³-hybridized carbons (Fsp3) is 0.188. The van der Waals surface area contributed by atoms with Crippen LogP contribution in [0.5, 0.6) is 11.6 Å². The first-order valence-corrected chi connectivity index (χ1v) is 7.98. The molecule has 0 aliphatic heterocycles. The standard InChI is InChI=1S/C16H13BrFN3O3/c17-11-8-13(18)16(19-9-11)23-12-5-3-10(4-6-12)15-20-14(24-21-15)2-1-7-22/h3-6,8-9,22H,1-2,7H2. The highest BCUT2D eigenvalue weighted by Gasteiger charge is 2.10. The Morgan fingerprint density at radius 2 is 2.04 bits per heavy atom. The van der Waals surface area contributed by atoms with Crippen LogP contribution >= 0.6 is 15.9 Å². The molecular weight excluding hydrogens is 381 g/mol. The Balaban J connectivity index is 1.72. The lowest BCUT2D eigenvalue weighted by Gasteiger charge is -2.06. The highest BCUT2D eigenvalue weighted by Crippen LogP contribution is 2.26. The first-order valence-electron chi connectivity index (χ1n) is 7.18. The first-order chi connectivity index (χ1) is 11.7. The van der Waals surface area contributed by atoms with Crippen LogP contribution in [0.4, 0.5) is 4.39 Å². The maximum absolute atomic E-state index is 13.7. The summed E-state index contributed by atoms with van der Waals surface area (Å²) < 4.78 is 24.8. The van der Waals surface area contributed by atoms with Crippen molar-refractivity contribution in [3.63, 3.8) is 0 Å². The minimum atomic E-state index is -0.555. The molecule has 3 rings (SSSR count). The Kier molecular flexibility index (Phi) is 5.17. The Morgan fingerprint density at radius 1 is 1.25 bits per heavy atom. The zero-order valence-corrected chi connectivity index (χ0v) is 14.0. The molecule has 6 nitrogen and oxygen atoms in total. The molecular formula is C16H13BrFN3O3. The van der Waals surface area contributed by atoms with Gasteiger partial charge in [-0.2, -0.15) is 4.98 Å². The maximum atomic E-state index is 13.7. The van der Waals surface area contributed by atoms with Crippen molar-refractivity contribution in [3.05, 3.63) is 52.7 Å². The molecule has 0 unspecified atom stereocenters. The Hall–Kier alpha value is -2.32. The maximum Gasteiger partial charge on any atom is 0.255 e. The van der Waals surface area contributed by atoms with Crippen molar-refractivity contribution < 1.29 is 18.8 Å². The normalized spacial score (nSPS) is 10.8. The van der Waals surface area contributed by atoms with E-state index in [0.717, 1.165) is 5.56 Å². The van der Waals surface area contributed by atoms with E-state index in [9.17, 15) is 4.39 Å². The molecule has 0 atom stereocenters. The van der Waals surface area contributed by atoms with Gasteiger partial charge in [0.1, 0.15) is 5.75 Å². The average Bonchev–Trinajstić information content (AvgIpc) is 3.05. The number of hydrogen-bond donors (Lipinski definition) is 1. The van der Waals surface area contributed by atoms with Gasteiger partial charge in [0.25, 0.3) is 5.88 Å². The highest BCUT2D eigenvalue weighted by molar-refractivity contribution is 9.10. The third-order valence-electron chi connectivity index (χ3n) is 3.12. The van der Waals surface area contributed by atoms with Gasteiger partial charge in [0.15, 0.2) is 5.82 Å². The summed E-state index contributed by atoms with van der Waals surface area (Å²) in [6, 6.07) is 8.11. The van der Waals surface area contributed by atoms with Crippen molar-refractivity contribution in [2.45, 2.75) is 12.8 Å². The number of aliphatic hydroxyl groups is 1. The minimum Gasteiger partial charge on any atom is -0.436 e. The largest absolute Gasteiger partial charge is 0.436 e. The van der Waals surface area contributed by atoms with Crippen molar-refractivity contribution in [2.75, 3.05) is 6.61 Å². The van der Waals surface area contributed by atoms with Gasteiger partial charge < -0.3 is 14.4 Å². The van der Waals surface area contributed by atoms with E-state index >= 15 is 0 Å². The topological polar surface area (TPSA) is 81.3 Å². The molecule has 0 aliphatic rings. The molecule has 0 saturated heterocycles. The molecule has 0 bridgehead atoms. The molecule has 0 radical (unpaired) electrons. The predicted octanol–water partition coefficient (Wildman–Crippen LogP) is 3.75. The first kappa shape index (κ1) is 16.5. The molecule has 0 amide bonds. The fourth-order valence-corrected chi connectivity index (χ4v) is 2.27. The van der Waals surface area contributed by atoms with E-state index in [2.05, 4.69) is 31.1 Å². The zero-order valence-electron chi connectivity index (χ0n) is 12.4. The van der Waals surface area contributed by atoms with Gasteiger partial charge in [-0.15, -0.1) is 0 Å². The van der Waals surface area contributed by atoms with Crippen LogP contribution in [0, 0.1) is 5.82 Å². The Labute approximate surface area is 145 Å². The van der Waals surface area contributed by atoms with Crippen molar-refractivity contribution >= 4 is 15.9 Å². The van der Waals surface area contributed by atoms with E-state index in [4.69, 9.17) is 14.4 Å². The quantitative estimate of drug-likeness (QED) is 0.686. The Bertz CT molecular complexity index is 824. The molecule has 0 aliphatic carbocycles. The van der Waals surface area contributed by atoms with Crippen LogP contribution in [0.3, 0.4) is 0 Å². The molecule has 0 saturated carbocycles. The summed E-state index contributed by atoms with van der Waals surface area (Å²) in [4.78, 5) is 8.13. The van der Waals surface area contributed by atoms with Crippen LogP contribution in [0.1, 0.15) is 12.3 Å². The zero-order chi connectivity index (χ0) is 16.9. The molecule has 2 aromatic heterocycles. The molecule has 1 aromatic carbocycles. The molecule has 124 valence electrons. The molecule has 2 heterocycles. The van der Waals surface area contributed by atoms with Gasteiger partial charge in [-0.3, -0.25) is 0 Å². The van der Waals surface area contributed by atoms with Crippen molar-refractivity contribution in [3.8, 4) is 23.0 Å². The molecule has 24 heavy (non-hydrogen) atoms. The summed E-state index contributed by atoms with van der Waals surface area (Å²) in [5, 5.41) is 12.7. The predicted molar refractivity (Wildman–Crippen MR) is 87.1 cm³/mol. The number of ether oxygens (including phenoxy) is 1. The lowest BCUT2D eigenvalue weighted by atomic mass is 10.2. The smallest absolute Gasteiger partial charge is 0.255 e. The number of halogens is 2.